The first kappa shape index (κ1) is 16.8. The minimum absolute atomic E-state index is 0.0225. The maximum atomic E-state index is 12.6. The molecule has 1 rings (SSSR count). The van der Waals surface area contributed by atoms with Crippen LogP contribution in [0, 0.1) is 0 Å². The van der Waals surface area contributed by atoms with Gasteiger partial charge in [0.2, 0.25) is 0 Å². The lowest BCUT2D eigenvalue weighted by Gasteiger charge is -2.22. The van der Waals surface area contributed by atoms with E-state index in [1.807, 2.05) is 26.8 Å². The Hall–Kier alpha value is -1.26. The molecule has 0 fully saturated rings. The molecule has 1 amide bonds. The lowest BCUT2D eigenvalue weighted by Crippen LogP contribution is -2.34. The molecule has 0 spiro atoms. The molecule has 1 N–H and O–H groups in total. The highest BCUT2D eigenvalue weighted by Gasteiger charge is 2.17. The summed E-state index contributed by atoms with van der Waals surface area (Å²) in [6.07, 6.45) is 0. The first-order valence-corrected chi connectivity index (χ1v) is 7.42. The van der Waals surface area contributed by atoms with E-state index in [1.54, 1.807) is 17.0 Å². The average Bonchev–Trinajstić information content (AvgIpc) is 2.45. The summed E-state index contributed by atoms with van der Waals surface area (Å²) in [6.45, 7) is 9.09. The maximum absolute atomic E-state index is 12.6. The molecule has 112 valence electrons. The summed E-state index contributed by atoms with van der Waals surface area (Å²) in [5.74, 6) is -0.0225. The molecule has 0 saturated carbocycles. The van der Waals surface area contributed by atoms with Gasteiger partial charge in [-0.2, -0.15) is 0 Å². The van der Waals surface area contributed by atoms with Crippen LogP contribution >= 0.6 is 11.6 Å². The van der Waals surface area contributed by atoms with E-state index in [1.165, 1.54) is 0 Å². The number of rotatable bonds is 8. The van der Waals surface area contributed by atoms with Gasteiger partial charge in [0, 0.05) is 37.0 Å². The van der Waals surface area contributed by atoms with Crippen LogP contribution in [0.15, 0.2) is 18.2 Å². The van der Waals surface area contributed by atoms with Gasteiger partial charge in [-0.1, -0.05) is 11.6 Å². The minimum Gasteiger partial charge on any atom is -0.385 e. The lowest BCUT2D eigenvalue weighted by atomic mass is 10.1. The Morgan fingerprint density at radius 1 is 1.35 bits per heavy atom. The Kier molecular flexibility index (Phi) is 7.41. The minimum atomic E-state index is -0.0225. The summed E-state index contributed by atoms with van der Waals surface area (Å²) in [5, 5.41) is 3.76. The molecular formula is C15H23ClN2O2. The Morgan fingerprint density at radius 3 is 2.70 bits per heavy atom. The van der Waals surface area contributed by atoms with E-state index in [0.29, 0.717) is 36.9 Å². The van der Waals surface area contributed by atoms with Crippen molar-refractivity contribution in [3.05, 3.63) is 28.8 Å². The van der Waals surface area contributed by atoms with Crippen LogP contribution in [0.2, 0.25) is 5.02 Å². The van der Waals surface area contributed by atoms with Crippen molar-refractivity contribution in [1.29, 1.82) is 0 Å². The average molecular weight is 299 g/mol. The molecule has 5 heteroatoms. The van der Waals surface area contributed by atoms with Gasteiger partial charge >= 0.3 is 0 Å². The fraction of sp³-hybridized carbons (Fsp3) is 0.533. The standard InChI is InChI=1S/C15H23ClN2O2/c1-4-17-14-8-7-12(16)11-13(14)15(19)18(5-2)9-10-20-6-3/h7-8,11,17H,4-6,9-10H2,1-3H3. The van der Waals surface area contributed by atoms with E-state index in [2.05, 4.69) is 5.32 Å². The Morgan fingerprint density at radius 2 is 2.10 bits per heavy atom. The van der Waals surface area contributed by atoms with E-state index < -0.39 is 0 Å². The highest BCUT2D eigenvalue weighted by Crippen LogP contribution is 2.22. The fourth-order valence-corrected chi connectivity index (χ4v) is 2.10. The van der Waals surface area contributed by atoms with Gasteiger partial charge < -0.3 is 15.0 Å². The number of hydrogen-bond acceptors (Lipinski definition) is 3. The van der Waals surface area contributed by atoms with Crippen molar-refractivity contribution < 1.29 is 9.53 Å². The van der Waals surface area contributed by atoms with Gasteiger partial charge in [-0.25, -0.2) is 0 Å². The second kappa shape index (κ2) is 8.82. The lowest BCUT2D eigenvalue weighted by molar-refractivity contribution is 0.0670. The number of hydrogen-bond donors (Lipinski definition) is 1. The van der Waals surface area contributed by atoms with Crippen LogP contribution < -0.4 is 5.32 Å². The predicted molar refractivity (Wildman–Crippen MR) is 83.7 cm³/mol. The number of halogens is 1. The van der Waals surface area contributed by atoms with Crippen LogP contribution in [0.1, 0.15) is 31.1 Å². The number of benzene rings is 1. The molecule has 0 aliphatic heterocycles. The largest absolute Gasteiger partial charge is 0.385 e. The Labute approximate surface area is 126 Å². The third-order valence-electron chi connectivity index (χ3n) is 2.96. The smallest absolute Gasteiger partial charge is 0.256 e. The molecule has 0 bridgehead atoms. The number of likely N-dealkylation sites (N-methyl/N-ethyl adjacent to an activating group) is 1. The second-order valence-corrected chi connectivity index (χ2v) is 4.74. The zero-order valence-electron chi connectivity index (χ0n) is 12.4. The molecule has 1 aromatic carbocycles. The molecule has 0 radical (unpaired) electrons. The van der Waals surface area contributed by atoms with Crippen molar-refractivity contribution >= 4 is 23.2 Å². The summed E-state index contributed by atoms with van der Waals surface area (Å²) in [7, 11) is 0. The third-order valence-corrected chi connectivity index (χ3v) is 3.19. The van der Waals surface area contributed by atoms with E-state index in [9.17, 15) is 4.79 Å². The maximum Gasteiger partial charge on any atom is 0.256 e. The van der Waals surface area contributed by atoms with Gasteiger partial charge in [-0.15, -0.1) is 0 Å². The number of carbonyl (C=O) groups is 1. The molecule has 0 aliphatic rings. The molecule has 20 heavy (non-hydrogen) atoms. The highest BCUT2D eigenvalue weighted by molar-refractivity contribution is 6.31. The molecule has 0 saturated heterocycles. The molecule has 0 atom stereocenters. The summed E-state index contributed by atoms with van der Waals surface area (Å²) in [4.78, 5) is 14.4. The first-order chi connectivity index (χ1) is 9.63. The van der Waals surface area contributed by atoms with Crippen molar-refractivity contribution in [2.45, 2.75) is 20.8 Å². The van der Waals surface area contributed by atoms with Crippen LogP contribution in [0.4, 0.5) is 5.69 Å². The summed E-state index contributed by atoms with van der Waals surface area (Å²) in [6, 6.07) is 5.34. The van der Waals surface area contributed by atoms with Gasteiger partial charge in [0.15, 0.2) is 0 Å². The van der Waals surface area contributed by atoms with Crippen LogP contribution in [0.5, 0.6) is 0 Å². The Bertz CT molecular complexity index is 438. The quantitative estimate of drug-likeness (QED) is 0.749. The first-order valence-electron chi connectivity index (χ1n) is 7.04. The monoisotopic (exact) mass is 298 g/mol. The van der Waals surface area contributed by atoms with Crippen molar-refractivity contribution in [3.63, 3.8) is 0 Å². The molecule has 0 unspecified atom stereocenters. The summed E-state index contributed by atoms with van der Waals surface area (Å²) < 4.78 is 5.32. The van der Waals surface area contributed by atoms with Crippen molar-refractivity contribution in [3.8, 4) is 0 Å². The van der Waals surface area contributed by atoms with Crippen LogP contribution in [0.25, 0.3) is 0 Å². The highest BCUT2D eigenvalue weighted by atomic mass is 35.5. The summed E-state index contributed by atoms with van der Waals surface area (Å²) in [5.41, 5.74) is 1.43. The molecular weight excluding hydrogens is 276 g/mol. The van der Waals surface area contributed by atoms with E-state index in [0.717, 1.165) is 12.2 Å². The van der Waals surface area contributed by atoms with Gasteiger partial charge in [-0.3, -0.25) is 4.79 Å². The molecule has 0 heterocycles. The van der Waals surface area contributed by atoms with Gasteiger partial charge in [0.05, 0.1) is 12.2 Å². The number of carbonyl (C=O) groups excluding carboxylic acids is 1. The molecule has 0 aliphatic carbocycles. The SMILES string of the molecule is CCNc1ccc(Cl)cc1C(=O)N(CC)CCOCC. The predicted octanol–water partition coefficient (Wildman–Crippen LogP) is 3.27. The van der Waals surface area contributed by atoms with Crippen molar-refractivity contribution in [2.24, 2.45) is 0 Å². The number of nitrogens with one attached hydrogen (secondary N) is 1. The van der Waals surface area contributed by atoms with E-state index in [4.69, 9.17) is 16.3 Å². The molecule has 1 aromatic rings. The van der Waals surface area contributed by atoms with Crippen molar-refractivity contribution in [2.75, 3.05) is 38.2 Å². The number of nitrogens with zero attached hydrogens (tertiary/aromatic N) is 1. The summed E-state index contributed by atoms with van der Waals surface area (Å²) >= 11 is 6.01. The molecule has 0 aromatic heterocycles. The van der Waals surface area contributed by atoms with Crippen LogP contribution in [0.3, 0.4) is 0 Å². The third kappa shape index (κ3) is 4.69. The van der Waals surface area contributed by atoms with Gasteiger partial charge in [0.25, 0.3) is 5.91 Å². The topological polar surface area (TPSA) is 41.6 Å². The van der Waals surface area contributed by atoms with Gasteiger partial charge in [-0.05, 0) is 39.0 Å². The number of anilines is 1. The van der Waals surface area contributed by atoms with Crippen LogP contribution in [-0.4, -0.2) is 43.7 Å². The van der Waals surface area contributed by atoms with Gasteiger partial charge in [0.1, 0.15) is 0 Å². The fourth-order valence-electron chi connectivity index (χ4n) is 1.93. The van der Waals surface area contributed by atoms with Crippen LogP contribution in [-0.2, 0) is 4.74 Å². The zero-order chi connectivity index (χ0) is 15.0. The van der Waals surface area contributed by atoms with E-state index >= 15 is 0 Å². The zero-order valence-corrected chi connectivity index (χ0v) is 13.2. The number of amides is 1. The number of ether oxygens (including phenoxy) is 1. The Balaban J connectivity index is 2.89. The van der Waals surface area contributed by atoms with E-state index in [-0.39, 0.29) is 5.91 Å². The second-order valence-electron chi connectivity index (χ2n) is 4.30. The normalized spacial score (nSPS) is 10.4. The molecule has 4 nitrogen and oxygen atoms in total. The van der Waals surface area contributed by atoms with Crippen molar-refractivity contribution in [1.82, 2.24) is 4.90 Å².